The second-order valence-corrected chi connectivity index (χ2v) is 33.3. The van der Waals surface area contributed by atoms with E-state index in [1.807, 2.05) is 5.32 Å². The Morgan fingerprint density at radius 1 is 0.492 bits per heavy atom. The molecule has 0 bridgehead atoms. The first-order chi connectivity index (χ1) is 61.3. The molecule has 5 rings (SSSR count). The quantitative estimate of drug-likeness (QED) is 0.00863. The van der Waals surface area contributed by atoms with Crippen molar-refractivity contribution >= 4 is 136 Å². The molecule has 2 heterocycles. The van der Waals surface area contributed by atoms with E-state index in [0.717, 1.165) is 6.92 Å². The van der Waals surface area contributed by atoms with Gasteiger partial charge in [0.15, 0.2) is 5.96 Å². The van der Waals surface area contributed by atoms with Crippen LogP contribution < -0.4 is 91.2 Å². The molecule has 1 aliphatic rings. The smallest absolute Gasteiger partial charge is 0.328 e. The largest absolute Gasteiger partial charge is 0.508 e. The number of nitrogens with two attached hydrogens (primary N) is 2. The normalized spacial score (nSPS) is 15.9. The second-order valence-electron chi connectivity index (χ2n) is 33.0. The number of guanidine groups is 1. The van der Waals surface area contributed by atoms with Gasteiger partial charge in [0.2, 0.25) is 88.6 Å². The van der Waals surface area contributed by atoms with Gasteiger partial charge in [0.05, 0.1) is 25.3 Å². The standard InChI is InChI=1S/C85H124N20O24S/c1-42(2)33-57(97-78(122)59(35-48-17-11-10-12-18-48)98-74(118)55(27-29-66(110)111)93-77(121)60(36-49-23-25-51(108)26-24-49)99-80(124)63(41-130)102-70(114)45(7)86)76(120)100-61(37-50-38-90-53-20-14-13-19-52(50)53)72(116)91-39-65(109)105-32-16-22-64(105)81(125)94-54(21-15-31-89-85(87)88)73(117)92-46(8)71(115)96-58(34-43(3)4)79(123)103-68(44(5)6)82(126)95-56(28-30-67(112)113)75(119)104-69(47(9)107)83(127)101-62(40-106)84(128)129/h10-14,17-20,23-26,38,42-47,54-64,68-69,90,106-108,130H,15-16,21-22,27-37,39-41,86H2,1-9H3,(H,91,116)(H,92,117)(H,93,121)(H,94,125)(H,95,126)(H,96,115)(H,97,122)(H,98,118)(H,99,124)(H,100,120)(H,101,127)(H,102,114)(H,103,123)(H,104,119)(H,110,111)(H,112,113)(H,128,129)(H4,87,88,89)/t45-,46-,47+,54-,55-,56-,57-,58-,59-,60-,61-,62-,63-,64-,68-,69-/m0/s1. The Balaban J connectivity index is 1.35. The lowest BCUT2D eigenvalue weighted by Crippen LogP contribution is -2.62. The monoisotopic (exact) mass is 1840 g/mol. The van der Waals surface area contributed by atoms with Gasteiger partial charge in [0, 0.05) is 68.0 Å². The van der Waals surface area contributed by atoms with E-state index < -0.39 is 254 Å². The molecule has 3 aromatic carbocycles. The number of aliphatic hydroxyl groups excluding tert-OH is 2. The number of thiol groups is 1. The number of para-hydroxylation sites is 1. The first kappa shape index (κ1) is 107. The third kappa shape index (κ3) is 35.5. The van der Waals surface area contributed by atoms with Crippen molar-refractivity contribution in [3.05, 3.63) is 102 Å². The number of nitrogens with one attached hydrogen (secondary N) is 17. The van der Waals surface area contributed by atoms with E-state index in [-0.39, 0.29) is 94.2 Å². The summed E-state index contributed by atoms with van der Waals surface area (Å²) in [6, 6.07) is -1.91. The summed E-state index contributed by atoms with van der Waals surface area (Å²) in [5.74, 6) is -21.1. The van der Waals surface area contributed by atoms with E-state index in [2.05, 4.69) is 92.0 Å². The maximum Gasteiger partial charge on any atom is 0.328 e. The summed E-state index contributed by atoms with van der Waals surface area (Å²) in [4.78, 5) is 253. The molecule has 0 spiro atoms. The number of hydrogen-bond acceptors (Lipinski definition) is 24. The molecule has 4 aromatic rings. The lowest BCUT2D eigenvalue weighted by molar-refractivity contribution is -0.144. The minimum Gasteiger partial charge on any atom is -0.508 e. The fourth-order valence-electron chi connectivity index (χ4n) is 13.8. The number of phenols is 1. The van der Waals surface area contributed by atoms with Gasteiger partial charge in [-0.05, 0) is 125 Å². The van der Waals surface area contributed by atoms with Crippen molar-refractivity contribution in [3.63, 3.8) is 0 Å². The molecule has 1 saturated heterocycles. The van der Waals surface area contributed by atoms with Gasteiger partial charge in [0.25, 0.3) is 0 Å². The van der Waals surface area contributed by atoms with Crippen molar-refractivity contribution in [2.24, 2.45) is 29.2 Å². The Labute approximate surface area is 755 Å². The highest BCUT2D eigenvalue weighted by Gasteiger charge is 2.41. The molecule has 714 valence electrons. The molecular weight excluding hydrogens is 1720 g/mol. The highest BCUT2D eigenvalue weighted by Crippen LogP contribution is 2.23. The molecule has 0 aliphatic carbocycles. The van der Waals surface area contributed by atoms with Crippen LogP contribution in [0.2, 0.25) is 0 Å². The van der Waals surface area contributed by atoms with Gasteiger partial charge in [-0.3, -0.25) is 86.9 Å². The molecular formula is C85H124N20O24S. The average Bonchev–Trinajstić information content (AvgIpc) is 1.64. The predicted octanol–water partition coefficient (Wildman–Crippen LogP) is -4.19. The number of phenolic OH excluding ortho intramolecular Hbond substituents is 1. The molecule has 27 N–H and O–H groups in total. The van der Waals surface area contributed by atoms with Crippen LogP contribution in [0.15, 0.2) is 85.1 Å². The van der Waals surface area contributed by atoms with Gasteiger partial charge in [-0.25, -0.2) is 4.79 Å². The molecule has 16 atom stereocenters. The molecule has 45 heteroatoms. The molecule has 130 heavy (non-hydrogen) atoms. The number of benzene rings is 3. The number of H-pyrrole nitrogens is 1. The summed E-state index contributed by atoms with van der Waals surface area (Å²) in [6.07, 6.45) is -3.33. The predicted molar refractivity (Wildman–Crippen MR) is 473 cm³/mol. The highest BCUT2D eigenvalue weighted by atomic mass is 32.1. The lowest BCUT2D eigenvalue weighted by Gasteiger charge is -2.29. The number of aromatic amines is 1. The van der Waals surface area contributed by atoms with Crippen molar-refractivity contribution < 1.29 is 117 Å². The van der Waals surface area contributed by atoms with Crippen LogP contribution in [-0.2, 0) is 106 Å². The first-order valence-corrected chi connectivity index (χ1v) is 43.2. The van der Waals surface area contributed by atoms with Crippen LogP contribution in [0, 0.1) is 23.2 Å². The number of aliphatic carboxylic acids is 3. The van der Waals surface area contributed by atoms with Gasteiger partial charge < -0.3 is 132 Å². The summed E-state index contributed by atoms with van der Waals surface area (Å²) in [7, 11) is 0. The molecule has 0 unspecified atom stereocenters. The Bertz CT molecular complexity index is 4610. The Morgan fingerprint density at radius 3 is 1.46 bits per heavy atom. The van der Waals surface area contributed by atoms with Gasteiger partial charge in [0.1, 0.15) is 90.3 Å². The average molecular weight is 1840 g/mol. The Morgan fingerprint density at radius 2 is 0.938 bits per heavy atom. The number of carboxylic acids is 3. The van der Waals surface area contributed by atoms with Crippen LogP contribution in [-0.4, -0.2) is 282 Å². The fourth-order valence-corrected chi connectivity index (χ4v) is 14.1. The summed E-state index contributed by atoms with van der Waals surface area (Å²) < 4.78 is 0. The molecule has 44 nitrogen and oxygen atoms in total. The van der Waals surface area contributed by atoms with Crippen LogP contribution in [0.3, 0.4) is 0 Å². The zero-order chi connectivity index (χ0) is 96.9. The number of aromatic hydroxyl groups is 1. The number of hydrogen-bond donors (Lipinski definition) is 26. The molecule has 1 fully saturated rings. The molecule has 1 aliphatic heterocycles. The molecule has 1 aromatic heterocycles. The second kappa shape index (κ2) is 53.1. The van der Waals surface area contributed by atoms with Crippen molar-refractivity contribution in [2.45, 2.75) is 243 Å². The fraction of sp³-hybridized carbons (Fsp3) is 0.541. The Kier molecular flexibility index (Phi) is 43.9. The number of likely N-dealkylation sites (tertiary alicyclic amines) is 1. The van der Waals surface area contributed by atoms with Gasteiger partial charge in [-0.15, -0.1) is 0 Å². The lowest BCUT2D eigenvalue weighted by atomic mass is 9.99. The number of rotatable bonds is 54. The van der Waals surface area contributed by atoms with E-state index in [4.69, 9.17) is 16.9 Å². The van der Waals surface area contributed by atoms with E-state index >= 15 is 4.79 Å². The SMILES string of the molecule is CC(C)C[C@H](NC(=O)[C@H](C)NC(=O)[C@H](CCCNC(=N)N)NC(=O)[C@@H]1CCCN1C(=O)CNC(=O)[C@H](Cc1c[nH]c2ccccc12)NC(=O)[C@H](CC(C)C)NC(=O)[C@H](Cc1ccccc1)NC(=O)[C@H](CCC(=O)O)NC(=O)[C@H](Cc1ccc(O)cc1)NC(=O)[C@H](CS)NC(=O)[C@H](C)N)C(=O)N[C@H](C(=O)N[C@@H](CCC(=O)O)C(=O)N[C@H](C(=O)N[C@@H](CO)C(=O)O)[C@@H](C)O)C(C)C. The number of carboxylic acid groups (broad SMARTS) is 3. The summed E-state index contributed by atoms with van der Waals surface area (Å²) >= 11 is 4.20. The third-order valence-electron chi connectivity index (χ3n) is 20.9. The molecule has 15 amide bonds. The van der Waals surface area contributed by atoms with Crippen molar-refractivity contribution in [1.29, 1.82) is 5.41 Å². The van der Waals surface area contributed by atoms with Crippen molar-refractivity contribution in [2.75, 3.05) is 32.0 Å². The number of amides is 15. The zero-order valence-electron chi connectivity index (χ0n) is 73.9. The zero-order valence-corrected chi connectivity index (χ0v) is 74.8. The van der Waals surface area contributed by atoms with Crippen molar-refractivity contribution in [3.8, 4) is 5.75 Å². The number of carbonyl (C=O) groups is 18. The van der Waals surface area contributed by atoms with Gasteiger partial charge in [-0.1, -0.05) is 102 Å². The van der Waals surface area contributed by atoms with Crippen LogP contribution >= 0.6 is 12.6 Å². The summed E-state index contributed by atoms with van der Waals surface area (Å²) in [5.41, 5.74) is 13.3. The maximum absolute atomic E-state index is 15.0. The number of carbonyl (C=O) groups excluding carboxylic acids is 15. The van der Waals surface area contributed by atoms with Crippen molar-refractivity contribution in [1.82, 2.24) is 89.6 Å². The molecule has 0 radical (unpaired) electrons. The van der Waals surface area contributed by atoms with Crippen LogP contribution in [0.5, 0.6) is 5.75 Å². The summed E-state index contributed by atoms with van der Waals surface area (Å²) in [5, 5.41) is 105. The Hall–Kier alpha value is -13.0. The van der Waals surface area contributed by atoms with E-state index in [1.54, 1.807) is 88.5 Å². The summed E-state index contributed by atoms with van der Waals surface area (Å²) in [6.45, 7) is 11.8. The first-order valence-electron chi connectivity index (χ1n) is 42.6. The number of aliphatic hydroxyl groups is 2. The number of nitrogens with zero attached hydrogens (tertiary/aromatic N) is 1. The number of fused-ring (bicyclic) bond motifs is 1. The van der Waals surface area contributed by atoms with E-state index in [0.29, 0.717) is 27.6 Å². The van der Waals surface area contributed by atoms with Crippen LogP contribution in [0.25, 0.3) is 10.9 Å². The third-order valence-corrected chi connectivity index (χ3v) is 21.3. The molecule has 0 saturated carbocycles. The van der Waals surface area contributed by atoms with E-state index in [9.17, 15) is 112 Å². The number of aromatic nitrogens is 1. The minimum absolute atomic E-state index is 0.0197. The minimum atomic E-state index is -1.89. The van der Waals surface area contributed by atoms with Gasteiger partial charge in [-0.2, -0.15) is 12.6 Å². The maximum atomic E-state index is 15.0. The van der Waals surface area contributed by atoms with Crippen LogP contribution in [0.4, 0.5) is 0 Å². The highest BCUT2D eigenvalue weighted by molar-refractivity contribution is 7.80. The van der Waals surface area contributed by atoms with Crippen LogP contribution in [0.1, 0.15) is 143 Å². The van der Waals surface area contributed by atoms with Gasteiger partial charge >= 0.3 is 17.9 Å². The van der Waals surface area contributed by atoms with E-state index in [1.165, 1.54) is 56.9 Å². The topological polar surface area (TPSA) is 704 Å².